The lowest BCUT2D eigenvalue weighted by Gasteiger charge is -2.03. The number of methoxy groups -OCH3 is 1. The highest BCUT2D eigenvalue weighted by atomic mass is 19.1. The molecule has 0 aliphatic rings. The molecule has 0 spiro atoms. The Kier molecular flexibility index (Phi) is 2.84. The number of halogens is 1. The number of ether oxygens (including phenoxy) is 1. The van der Waals surface area contributed by atoms with Gasteiger partial charge in [-0.15, -0.1) is 0 Å². The fourth-order valence-corrected chi connectivity index (χ4v) is 0.956. The zero-order valence-corrected chi connectivity index (χ0v) is 7.43. The van der Waals surface area contributed by atoms with E-state index < -0.39 is 5.82 Å². The van der Waals surface area contributed by atoms with E-state index in [2.05, 4.69) is 5.32 Å². The minimum atomic E-state index is -0.488. The van der Waals surface area contributed by atoms with E-state index in [4.69, 9.17) is 4.74 Å². The van der Waals surface area contributed by atoms with Crippen LogP contribution in [0.4, 0.5) is 4.39 Å². The van der Waals surface area contributed by atoms with Crippen molar-refractivity contribution < 1.29 is 13.9 Å². The first-order valence-corrected chi connectivity index (χ1v) is 3.74. The van der Waals surface area contributed by atoms with Gasteiger partial charge in [-0.05, 0) is 12.1 Å². The molecular weight excluding hydrogens is 173 g/mol. The highest BCUT2D eigenvalue weighted by molar-refractivity contribution is 5.94. The van der Waals surface area contributed by atoms with Crippen LogP contribution in [-0.2, 0) is 0 Å². The highest BCUT2D eigenvalue weighted by Gasteiger charge is 2.06. The lowest BCUT2D eigenvalue weighted by Crippen LogP contribution is -2.17. The first kappa shape index (κ1) is 9.51. The molecule has 0 radical (unpaired) electrons. The summed E-state index contributed by atoms with van der Waals surface area (Å²) in [6.07, 6.45) is 0. The third-order valence-corrected chi connectivity index (χ3v) is 1.60. The first-order chi connectivity index (χ1) is 6.17. The Bertz CT molecular complexity index is 325. The van der Waals surface area contributed by atoms with Gasteiger partial charge < -0.3 is 10.1 Å². The summed E-state index contributed by atoms with van der Waals surface area (Å²) in [5.74, 6) is -0.491. The van der Waals surface area contributed by atoms with Crippen molar-refractivity contribution in [3.8, 4) is 5.75 Å². The molecule has 13 heavy (non-hydrogen) atoms. The van der Waals surface area contributed by atoms with Gasteiger partial charge in [0, 0.05) is 18.7 Å². The molecule has 0 heterocycles. The molecule has 0 aliphatic carbocycles. The van der Waals surface area contributed by atoms with Crippen molar-refractivity contribution in [1.82, 2.24) is 5.32 Å². The highest BCUT2D eigenvalue weighted by Crippen LogP contribution is 2.15. The summed E-state index contributed by atoms with van der Waals surface area (Å²) < 4.78 is 17.7. The van der Waals surface area contributed by atoms with Gasteiger partial charge >= 0.3 is 0 Å². The van der Waals surface area contributed by atoms with E-state index >= 15 is 0 Å². The normalized spacial score (nSPS) is 9.46. The van der Waals surface area contributed by atoms with Crippen LogP contribution in [0.5, 0.6) is 5.75 Å². The lowest BCUT2D eigenvalue weighted by atomic mass is 10.2. The van der Waals surface area contributed by atoms with Crippen molar-refractivity contribution in [2.45, 2.75) is 0 Å². The number of hydrogen-bond acceptors (Lipinski definition) is 2. The molecule has 0 saturated carbocycles. The predicted octanol–water partition coefficient (Wildman–Crippen LogP) is 1.19. The molecule has 1 rings (SSSR count). The van der Waals surface area contributed by atoms with Gasteiger partial charge in [0.15, 0.2) is 0 Å². The molecule has 0 bridgehead atoms. The minimum absolute atomic E-state index is 0.249. The summed E-state index contributed by atoms with van der Waals surface area (Å²) in [4.78, 5) is 11.1. The van der Waals surface area contributed by atoms with Crippen LogP contribution in [0.15, 0.2) is 18.2 Å². The zero-order valence-electron chi connectivity index (χ0n) is 7.43. The first-order valence-electron chi connectivity index (χ1n) is 3.74. The van der Waals surface area contributed by atoms with Crippen molar-refractivity contribution in [2.24, 2.45) is 0 Å². The van der Waals surface area contributed by atoms with Crippen LogP contribution in [-0.4, -0.2) is 20.1 Å². The SMILES string of the molecule is CNC(=O)c1cc(F)cc(OC)c1. The summed E-state index contributed by atoms with van der Waals surface area (Å²) >= 11 is 0. The number of amides is 1. The summed E-state index contributed by atoms with van der Waals surface area (Å²) in [5.41, 5.74) is 0.249. The van der Waals surface area contributed by atoms with Crippen LogP contribution in [0, 0.1) is 5.82 Å². The number of nitrogens with one attached hydrogen (secondary N) is 1. The van der Waals surface area contributed by atoms with E-state index in [0.717, 1.165) is 6.07 Å². The largest absolute Gasteiger partial charge is 0.497 e. The summed E-state index contributed by atoms with van der Waals surface area (Å²) in [5, 5.41) is 2.40. The molecule has 1 aromatic carbocycles. The third-order valence-electron chi connectivity index (χ3n) is 1.60. The minimum Gasteiger partial charge on any atom is -0.497 e. The third kappa shape index (κ3) is 2.18. The molecule has 1 aromatic rings. The van der Waals surface area contributed by atoms with E-state index in [-0.39, 0.29) is 11.5 Å². The number of rotatable bonds is 2. The molecule has 0 aromatic heterocycles. The van der Waals surface area contributed by atoms with Crippen LogP contribution in [0.1, 0.15) is 10.4 Å². The van der Waals surface area contributed by atoms with Crippen molar-refractivity contribution in [1.29, 1.82) is 0 Å². The maximum absolute atomic E-state index is 12.9. The van der Waals surface area contributed by atoms with Gasteiger partial charge in [0.1, 0.15) is 11.6 Å². The van der Waals surface area contributed by atoms with Gasteiger partial charge in [0.25, 0.3) is 5.91 Å². The van der Waals surface area contributed by atoms with Gasteiger partial charge in [-0.1, -0.05) is 0 Å². The maximum Gasteiger partial charge on any atom is 0.251 e. The molecule has 0 saturated heterocycles. The average molecular weight is 183 g/mol. The Morgan fingerprint density at radius 2 is 2.15 bits per heavy atom. The maximum atomic E-state index is 12.9. The molecule has 70 valence electrons. The van der Waals surface area contributed by atoms with Crippen molar-refractivity contribution >= 4 is 5.91 Å². The zero-order chi connectivity index (χ0) is 9.84. The second-order valence-corrected chi connectivity index (χ2v) is 2.46. The Hall–Kier alpha value is -1.58. The lowest BCUT2D eigenvalue weighted by molar-refractivity contribution is 0.0962. The monoisotopic (exact) mass is 183 g/mol. The molecule has 4 heteroatoms. The number of benzene rings is 1. The Labute approximate surface area is 75.5 Å². The predicted molar refractivity (Wildman–Crippen MR) is 46.3 cm³/mol. The van der Waals surface area contributed by atoms with Crippen LogP contribution in [0.3, 0.4) is 0 Å². The number of carbonyl (C=O) groups excluding carboxylic acids is 1. The van der Waals surface area contributed by atoms with E-state index in [0.29, 0.717) is 5.75 Å². The van der Waals surface area contributed by atoms with Crippen LogP contribution < -0.4 is 10.1 Å². The van der Waals surface area contributed by atoms with Gasteiger partial charge in [-0.25, -0.2) is 4.39 Å². The summed E-state index contributed by atoms with van der Waals surface area (Å²) in [7, 11) is 2.90. The molecule has 0 atom stereocenters. The topological polar surface area (TPSA) is 38.3 Å². The molecule has 3 nitrogen and oxygen atoms in total. The molecule has 0 aliphatic heterocycles. The molecule has 1 N–H and O–H groups in total. The summed E-state index contributed by atoms with van der Waals surface area (Å²) in [6, 6.07) is 3.84. The second-order valence-electron chi connectivity index (χ2n) is 2.46. The van der Waals surface area contributed by atoms with Crippen LogP contribution in [0.2, 0.25) is 0 Å². The van der Waals surface area contributed by atoms with Gasteiger partial charge in [0.2, 0.25) is 0 Å². The Balaban J connectivity index is 3.08. The average Bonchev–Trinajstić information content (AvgIpc) is 2.15. The number of carbonyl (C=O) groups is 1. The molecule has 0 unspecified atom stereocenters. The van der Waals surface area contributed by atoms with Gasteiger partial charge in [0.05, 0.1) is 7.11 Å². The van der Waals surface area contributed by atoms with Crippen molar-refractivity contribution in [2.75, 3.05) is 14.2 Å². The Morgan fingerprint density at radius 3 is 2.69 bits per heavy atom. The van der Waals surface area contributed by atoms with E-state index in [9.17, 15) is 9.18 Å². The smallest absolute Gasteiger partial charge is 0.251 e. The molecular formula is C9H10FNO2. The van der Waals surface area contributed by atoms with Gasteiger partial charge in [-0.2, -0.15) is 0 Å². The van der Waals surface area contributed by atoms with E-state index in [1.165, 1.54) is 26.3 Å². The second kappa shape index (κ2) is 3.89. The van der Waals surface area contributed by atoms with E-state index in [1.807, 2.05) is 0 Å². The van der Waals surface area contributed by atoms with Crippen LogP contribution in [0.25, 0.3) is 0 Å². The van der Waals surface area contributed by atoms with E-state index in [1.54, 1.807) is 0 Å². The molecule has 0 fully saturated rings. The fourth-order valence-electron chi connectivity index (χ4n) is 0.956. The van der Waals surface area contributed by atoms with Gasteiger partial charge in [-0.3, -0.25) is 4.79 Å². The quantitative estimate of drug-likeness (QED) is 0.748. The summed E-state index contributed by atoms with van der Waals surface area (Å²) in [6.45, 7) is 0. The molecule has 1 amide bonds. The van der Waals surface area contributed by atoms with Crippen molar-refractivity contribution in [3.63, 3.8) is 0 Å². The Morgan fingerprint density at radius 1 is 1.46 bits per heavy atom. The fraction of sp³-hybridized carbons (Fsp3) is 0.222. The van der Waals surface area contributed by atoms with Crippen molar-refractivity contribution in [3.05, 3.63) is 29.6 Å². The standard InChI is InChI=1S/C9H10FNO2/c1-11-9(12)6-3-7(10)5-8(4-6)13-2/h3-5H,1-2H3,(H,11,12). The van der Waals surface area contributed by atoms with Crippen LogP contribution >= 0.6 is 0 Å². The number of hydrogen-bond donors (Lipinski definition) is 1.